The highest BCUT2D eigenvalue weighted by Gasteiger charge is 2.18. The lowest BCUT2D eigenvalue weighted by Crippen LogP contribution is -2.29. The maximum atomic E-state index is 12.0. The van der Waals surface area contributed by atoms with Crippen LogP contribution in [0.15, 0.2) is 6.20 Å². The van der Waals surface area contributed by atoms with E-state index in [1.165, 1.54) is 0 Å². The molecule has 1 aromatic heterocycles. The van der Waals surface area contributed by atoms with Crippen molar-refractivity contribution in [2.75, 3.05) is 32.8 Å². The third-order valence-electron chi connectivity index (χ3n) is 3.80. The smallest absolute Gasteiger partial charge is 0.273 e. The van der Waals surface area contributed by atoms with Crippen molar-refractivity contribution >= 4 is 18.3 Å². The summed E-state index contributed by atoms with van der Waals surface area (Å²) in [5, 5.41) is 14.2. The van der Waals surface area contributed by atoms with E-state index in [1.54, 1.807) is 6.20 Å². The normalized spacial score (nSPS) is 15.4. The molecule has 0 atom stereocenters. The van der Waals surface area contributed by atoms with Crippen LogP contribution in [-0.2, 0) is 4.74 Å². The molecule has 0 saturated carbocycles. The van der Waals surface area contributed by atoms with E-state index < -0.39 is 0 Å². The molecule has 0 radical (unpaired) electrons. The molecule has 0 bridgehead atoms. The number of amides is 1. The van der Waals surface area contributed by atoms with Gasteiger partial charge in [0.15, 0.2) is 5.69 Å². The number of piperidine rings is 1. The number of aromatic nitrogens is 3. The van der Waals surface area contributed by atoms with Crippen molar-refractivity contribution in [1.29, 1.82) is 0 Å². The highest BCUT2D eigenvalue weighted by molar-refractivity contribution is 5.91. The molecule has 0 unspecified atom stereocenters. The first kappa shape index (κ1) is 19.9. The van der Waals surface area contributed by atoms with E-state index >= 15 is 0 Å². The number of ether oxygens (including phenoxy) is 1. The van der Waals surface area contributed by atoms with Crippen molar-refractivity contribution in [3.63, 3.8) is 0 Å². The second kappa shape index (κ2) is 10.6. The summed E-state index contributed by atoms with van der Waals surface area (Å²) >= 11 is 0. The van der Waals surface area contributed by atoms with Gasteiger partial charge in [0.25, 0.3) is 5.91 Å². The zero-order chi connectivity index (χ0) is 15.8. The summed E-state index contributed by atoms with van der Waals surface area (Å²) in [6.07, 6.45) is 4.83. The summed E-state index contributed by atoms with van der Waals surface area (Å²) in [6.45, 7) is 8.06. The van der Waals surface area contributed by atoms with Crippen molar-refractivity contribution in [2.24, 2.45) is 5.92 Å². The number of carbonyl (C=O) groups is 1. The van der Waals surface area contributed by atoms with Gasteiger partial charge in [-0.1, -0.05) is 19.1 Å². The summed E-state index contributed by atoms with van der Waals surface area (Å²) in [5.74, 6) is 0.451. The van der Waals surface area contributed by atoms with Crippen molar-refractivity contribution in [3.8, 4) is 0 Å². The van der Waals surface area contributed by atoms with Crippen LogP contribution in [0.2, 0.25) is 0 Å². The second-order valence-electron chi connectivity index (χ2n) is 6.12. The van der Waals surface area contributed by atoms with Gasteiger partial charge < -0.3 is 15.4 Å². The van der Waals surface area contributed by atoms with Crippen LogP contribution in [-0.4, -0.2) is 53.7 Å². The summed E-state index contributed by atoms with van der Waals surface area (Å²) in [4.78, 5) is 12.0. The van der Waals surface area contributed by atoms with Gasteiger partial charge in [-0.3, -0.25) is 4.79 Å². The minimum atomic E-state index is -0.187. The maximum absolute atomic E-state index is 12.0. The highest BCUT2D eigenvalue weighted by atomic mass is 35.5. The third kappa shape index (κ3) is 6.85. The van der Waals surface area contributed by atoms with Gasteiger partial charge in [0.05, 0.1) is 18.8 Å². The molecule has 8 heteroatoms. The minimum absolute atomic E-state index is 0. The summed E-state index contributed by atoms with van der Waals surface area (Å²) < 4.78 is 7.28. The van der Waals surface area contributed by atoms with Gasteiger partial charge in [0.2, 0.25) is 0 Å². The molecular formula is C15H28ClN5O2. The first-order chi connectivity index (χ1) is 10.7. The summed E-state index contributed by atoms with van der Waals surface area (Å²) in [5.41, 5.74) is 0.376. The zero-order valence-electron chi connectivity index (χ0n) is 14.0. The largest absolute Gasteiger partial charge is 0.380 e. The SMILES string of the molecule is CC(C)CCOCCNC(=O)c1cn(C2CCNCC2)nn1.Cl. The van der Waals surface area contributed by atoms with Crippen LogP contribution < -0.4 is 10.6 Å². The average Bonchev–Trinajstić information content (AvgIpc) is 3.01. The number of nitrogens with one attached hydrogen (secondary N) is 2. The Balaban J connectivity index is 0.00000264. The van der Waals surface area contributed by atoms with Crippen molar-refractivity contribution < 1.29 is 9.53 Å². The topological polar surface area (TPSA) is 81.1 Å². The van der Waals surface area contributed by atoms with Gasteiger partial charge in [-0.15, -0.1) is 17.5 Å². The molecule has 132 valence electrons. The fraction of sp³-hybridized carbons (Fsp3) is 0.800. The average molecular weight is 346 g/mol. The van der Waals surface area contributed by atoms with Gasteiger partial charge in [-0.05, 0) is 38.3 Å². The summed E-state index contributed by atoms with van der Waals surface area (Å²) in [6, 6.07) is 0.342. The molecule has 1 fully saturated rings. The van der Waals surface area contributed by atoms with Gasteiger partial charge in [0, 0.05) is 13.2 Å². The van der Waals surface area contributed by atoms with Crippen molar-refractivity contribution in [1.82, 2.24) is 25.6 Å². The lowest BCUT2D eigenvalue weighted by Gasteiger charge is -2.22. The molecule has 2 rings (SSSR count). The highest BCUT2D eigenvalue weighted by Crippen LogP contribution is 2.16. The monoisotopic (exact) mass is 345 g/mol. The quantitative estimate of drug-likeness (QED) is 0.696. The fourth-order valence-electron chi connectivity index (χ4n) is 2.38. The minimum Gasteiger partial charge on any atom is -0.380 e. The molecule has 23 heavy (non-hydrogen) atoms. The van der Waals surface area contributed by atoms with Crippen LogP contribution in [0.25, 0.3) is 0 Å². The van der Waals surface area contributed by atoms with Crippen molar-refractivity contribution in [3.05, 3.63) is 11.9 Å². The van der Waals surface area contributed by atoms with Crippen LogP contribution >= 0.6 is 12.4 Å². The number of nitrogens with zero attached hydrogens (tertiary/aromatic N) is 3. The molecule has 7 nitrogen and oxygen atoms in total. The lowest BCUT2D eigenvalue weighted by atomic mass is 10.1. The Morgan fingerprint density at radius 1 is 1.43 bits per heavy atom. The molecule has 0 aliphatic carbocycles. The van der Waals surface area contributed by atoms with E-state index in [0.717, 1.165) is 39.0 Å². The van der Waals surface area contributed by atoms with E-state index in [0.29, 0.717) is 30.8 Å². The predicted molar refractivity (Wildman–Crippen MR) is 91.0 cm³/mol. The Morgan fingerprint density at radius 3 is 2.87 bits per heavy atom. The Kier molecular flexibility index (Phi) is 9.13. The molecule has 1 amide bonds. The lowest BCUT2D eigenvalue weighted by molar-refractivity contribution is 0.0901. The zero-order valence-corrected chi connectivity index (χ0v) is 14.8. The van der Waals surface area contributed by atoms with E-state index in [4.69, 9.17) is 4.74 Å². The van der Waals surface area contributed by atoms with Crippen LogP contribution in [0.3, 0.4) is 0 Å². The third-order valence-corrected chi connectivity index (χ3v) is 3.80. The fourth-order valence-corrected chi connectivity index (χ4v) is 2.38. The number of hydrogen-bond donors (Lipinski definition) is 2. The van der Waals surface area contributed by atoms with Gasteiger partial charge in [-0.25, -0.2) is 4.68 Å². The molecule has 2 heterocycles. The molecule has 1 aliphatic rings. The molecule has 0 spiro atoms. The molecular weight excluding hydrogens is 318 g/mol. The van der Waals surface area contributed by atoms with E-state index in [1.807, 2.05) is 4.68 Å². The van der Waals surface area contributed by atoms with Crippen LogP contribution in [0.4, 0.5) is 0 Å². The Bertz CT molecular complexity index is 460. The predicted octanol–water partition coefficient (Wildman–Crippen LogP) is 1.42. The standard InChI is InChI=1S/C15H27N5O2.ClH/c1-12(2)5-9-22-10-8-17-15(21)14-11-20(19-18-14)13-3-6-16-7-4-13;/h11-13,16H,3-10H2,1-2H3,(H,17,21);1H. The van der Waals surface area contributed by atoms with Gasteiger partial charge in [-0.2, -0.15) is 0 Å². The maximum Gasteiger partial charge on any atom is 0.273 e. The molecule has 2 N–H and O–H groups in total. The Hall–Kier alpha value is -1.18. The number of rotatable bonds is 8. The Labute approximate surface area is 143 Å². The molecule has 1 saturated heterocycles. The van der Waals surface area contributed by atoms with Crippen LogP contribution in [0, 0.1) is 5.92 Å². The Morgan fingerprint density at radius 2 is 2.17 bits per heavy atom. The number of hydrogen-bond acceptors (Lipinski definition) is 5. The molecule has 1 aromatic rings. The molecule has 1 aliphatic heterocycles. The second-order valence-corrected chi connectivity index (χ2v) is 6.12. The first-order valence-corrected chi connectivity index (χ1v) is 8.15. The van der Waals surface area contributed by atoms with E-state index in [-0.39, 0.29) is 18.3 Å². The first-order valence-electron chi connectivity index (χ1n) is 8.15. The van der Waals surface area contributed by atoms with E-state index in [2.05, 4.69) is 34.8 Å². The number of carbonyl (C=O) groups excluding carboxylic acids is 1. The van der Waals surface area contributed by atoms with E-state index in [9.17, 15) is 4.79 Å². The summed E-state index contributed by atoms with van der Waals surface area (Å²) in [7, 11) is 0. The van der Waals surface area contributed by atoms with Crippen LogP contribution in [0.1, 0.15) is 49.6 Å². The number of halogens is 1. The van der Waals surface area contributed by atoms with Gasteiger partial charge >= 0.3 is 0 Å². The molecule has 0 aromatic carbocycles. The van der Waals surface area contributed by atoms with Gasteiger partial charge in [0.1, 0.15) is 0 Å². The van der Waals surface area contributed by atoms with Crippen molar-refractivity contribution in [2.45, 2.75) is 39.2 Å². The van der Waals surface area contributed by atoms with Crippen LogP contribution in [0.5, 0.6) is 0 Å².